The summed E-state index contributed by atoms with van der Waals surface area (Å²) < 4.78 is 35.3. The van der Waals surface area contributed by atoms with Gasteiger partial charge < -0.3 is 9.84 Å². The van der Waals surface area contributed by atoms with Crippen LogP contribution in [0.3, 0.4) is 0 Å². The molecule has 0 atom stereocenters. The molecule has 1 aromatic rings. The number of aliphatic hydroxyl groups excluding tert-OH is 1. The minimum absolute atomic E-state index is 0.237. The molecule has 8 heteroatoms. The average Bonchev–Trinajstić information content (AvgIpc) is 2.81. The molecule has 2 N–H and O–H groups in total. The van der Waals surface area contributed by atoms with Crippen molar-refractivity contribution < 1.29 is 27.6 Å². The molecule has 0 aromatic heterocycles. The predicted octanol–water partition coefficient (Wildman–Crippen LogP) is 6.02. The van der Waals surface area contributed by atoms with Gasteiger partial charge in [-0.25, -0.2) is 4.79 Å². The van der Waals surface area contributed by atoms with Crippen LogP contribution in [0.4, 0.5) is 0 Å². The smallest absolute Gasteiger partial charge is 0.339 e. The van der Waals surface area contributed by atoms with E-state index in [2.05, 4.69) is 32.4 Å². The van der Waals surface area contributed by atoms with Crippen molar-refractivity contribution in [3.05, 3.63) is 29.8 Å². The molecule has 0 aliphatic heterocycles. The van der Waals surface area contributed by atoms with E-state index in [1.54, 1.807) is 24.6 Å². The fourth-order valence-corrected chi connectivity index (χ4v) is 10.6. The number of hydrogen-bond acceptors (Lipinski definition) is 5. The molecule has 0 spiro atoms. The molecule has 0 aliphatic rings. The first-order valence-electron chi connectivity index (χ1n) is 12.6. The molecule has 0 aliphatic carbocycles. The Labute approximate surface area is 202 Å². The van der Waals surface area contributed by atoms with Gasteiger partial charge in [0, 0.05) is 0 Å². The number of unbranched alkanes of at least 4 members (excludes halogenated alkanes) is 4. The van der Waals surface area contributed by atoms with Crippen LogP contribution in [0.2, 0.25) is 0 Å². The van der Waals surface area contributed by atoms with Crippen LogP contribution in [-0.4, -0.2) is 61.9 Å². The molecule has 0 saturated carbocycles. The summed E-state index contributed by atoms with van der Waals surface area (Å²) in [6.45, 7) is 8.84. The molecule has 0 unspecified atom stereocenters. The molecule has 1 aromatic carbocycles. The number of rotatable bonds is 16. The monoisotopic (exact) mass is 506 g/mol. The summed E-state index contributed by atoms with van der Waals surface area (Å²) in [6.07, 6.45) is 18.1. The van der Waals surface area contributed by atoms with E-state index < -0.39 is 28.2 Å². The van der Waals surface area contributed by atoms with Crippen LogP contribution in [-0.2, 0) is 14.9 Å². The van der Waals surface area contributed by atoms with Crippen molar-refractivity contribution >= 4 is 23.3 Å². The van der Waals surface area contributed by atoms with Crippen molar-refractivity contribution in [1.82, 2.24) is 0 Å². The summed E-state index contributed by atoms with van der Waals surface area (Å²) in [4.78, 5) is 10.8. The van der Waals surface area contributed by atoms with Crippen LogP contribution in [0.25, 0.3) is 0 Å². The summed E-state index contributed by atoms with van der Waals surface area (Å²) in [5.41, 5.74) is -0.265. The molecule has 0 fully saturated rings. The van der Waals surface area contributed by atoms with Crippen molar-refractivity contribution in [2.24, 2.45) is 0 Å². The Bertz CT molecular complexity index is 714. The van der Waals surface area contributed by atoms with E-state index in [0.29, 0.717) is 0 Å². The van der Waals surface area contributed by atoms with E-state index in [1.807, 2.05) is 0 Å². The topological polar surface area (TPSA) is 101 Å². The van der Waals surface area contributed by atoms with E-state index in [0.717, 1.165) is 6.07 Å². The Morgan fingerprint density at radius 3 is 1.64 bits per heavy atom. The van der Waals surface area contributed by atoms with Gasteiger partial charge in [-0.15, -0.1) is 0 Å². The van der Waals surface area contributed by atoms with E-state index >= 15 is 0 Å². The van der Waals surface area contributed by atoms with Gasteiger partial charge in [0.2, 0.25) is 0 Å². The van der Waals surface area contributed by atoms with Gasteiger partial charge in [0.1, 0.15) is 11.5 Å². The zero-order valence-electron chi connectivity index (χ0n) is 21.1. The number of carbonyl (C=O) groups excluding carboxylic acids is 1. The largest absolute Gasteiger partial charge is 0.460 e. The van der Waals surface area contributed by atoms with Gasteiger partial charge in [0.05, 0.1) is 12.2 Å². The Kier molecular flexibility index (Phi) is 17.8. The maximum Gasteiger partial charge on any atom is 0.339 e. The fraction of sp³-hybridized carbons (Fsp3) is 0.720. The third-order valence-corrected chi connectivity index (χ3v) is 12.5. The maximum absolute atomic E-state index is 11.4. The van der Waals surface area contributed by atoms with Gasteiger partial charge in [-0.05, 0) is 12.1 Å². The minimum Gasteiger partial charge on any atom is -0.460 e. The maximum atomic E-state index is 11.4. The Morgan fingerprint density at radius 2 is 1.27 bits per heavy atom. The van der Waals surface area contributed by atoms with Crippen molar-refractivity contribution in [1.29, 1.82) is 0 Å². The summed E-state index contributed by atoms with van der Waals surface area (Å²) >= 11 is 0. The second-order valence-corrected chi connectivity index (χ2v) is 15.1. The normalized spacial score (nSPS) is 12.1. The van der Waals surface area contributed by atoms with Crippen LogP contribution >= 0.6 is 7.26 Å². The van der Waals surface area contributed by atoms with Gasteiger partial charge >= 0.3 is 117 Å². The molecule has 0 saturated heterocycles. The zero-order chi connectivity index (χ0) is 25.2. The van der Waals surface area contributed by atoms with Crippen molar-refractivity contribution in [3.63, 3.8) is 0 Å². The second kappa shape index (κ2) is 18.3. The van der Waals surface area contributed by atoms with E-state index in [9.17, 15) is 13.2 Å². The van der Waals surface area contributed by atoms with Crippen LogP contribution in [0, 0.1) is 0 Å². The summed E-state index contributed by atoms with van der Waals surface area (Å²) in [6, 6.07) is 5.10. The molecule has 0 bridgehead atoms. The molecule has 194 valence electrons. The van der Waals surface area contributed by atoms with Crippen molar-refractivity contribution in [2.75, 3.05) is 37.9 Å². The summed E-state index contributed by atoms with van der Waals surface area (Å²) in [7, 11) is -5.35. The molecular weight excluding hydrogens is 459 g/mol. The molecular formula is C25H47O6PS. The third-order valence-electron chi connectivity index (χ3n) is 5.95. The zero-order valence-corrected chi connectivity index (χ0v) is 23.0. The molecule has 1 rings (SSSR count). The van der Waals surface area contributed by atoms with Gasteiger partial charge in [-0.1, -0.05) is 12.1 Å². The first kappa shape index (κ1) is 32.0. The van der Waals surface area contributed by atoms with Gasteiger partial charge in [-0.3, -0.25) is 4.55 Å². The predicted molar refractivity (Wildman–Crippen MR) is 141 cm³/mol. The molecule has 6 nitrogen and oxygen atoms in total. The minimum atomic E-state index is -4.47. The van der Waals surface area contributed by atoms with Gasteiger partial charge in [0.15, 0.2) is 0 Å². The molecule has 0 amide bonds. The number of hydrogen-bond donors (Lipinski definition) is 2. The average molecular weight is 507 g/mol. The van der Waals surface area contributed by atoms with E-state index in [4.69, 9.17) is 9.66 Å². The first-order valence-corrected chi connectivity index (χ1v) is 16.8. The number of ether oxygens (including phenoxy) is 1. The molecule has 0 heterocycles. The number of carbonyl (C=O) groups is 1. The standard InChI is InChI=1S/C16H37P.C9H10O6S/c1-5-9-13-17(14-10-6-2,15-11-7-3)16-12-8-4;10-5-6-15-9(11)7-3-1-2-4-8(7)16(12,13)14/h17H,5-16H2,1-4H3;1-4,10H,5-6H2,(H,12,13,14). The van der Waals surface area contributed by atoms with Crippen LogP contribution in [0.5, 0.6) is 0 Å². The quantitative estimate of drug-likeness (QED) is 0.162. The first-order chi connectivity index (χ1) is 15.7. The van der Waals surface area contributed by atoms with Crippen molar-refractivity contribution in [3.8, 4) is 0 Å². The summed E-state index contributed by atoms with van der Waals surface area (Å²) in [5, 5.41) is 8.45. The fourth-order valence-electron chi connectivity index (χ4n) is 4.03. The van der Waals surface area contributed by atoms with Crippen LogP contribution in [0.15, 0.2) is 29.2 Å². The SMILES string of the molecule is CCCC[PH](CCCC)(CCCC)CCCC.O=C(OCCO)c1ccccc1S(=O)(=O)O. The van der Waals surface area contributed by atoms with Gasteiger partial charge in [-0.2, -0.15) is 8.42 Å². The van der Waals surface area contributed by atoms with Crippen LogP contribution in [0.1, 0.15) is 89.4 Å². The Hall–Kier alpha value is -1.01. The number of esters is 1. The van der Waals surface area contributed by atoms with E-state index in [1.165, 1.54) is 69.6 Å². The van der Waals surface area contributed by atoms with Crippen LogP contribution < -0.4 is 0 Å². The number of aliphatic hydroxyl groups is 1. The molecule has 33 heavy (non-hydrogen) atoms. The second-order valence-electron chi connectivity index (χ2n) is 8.74. The van der Waals surface area contributed by atoms with Crippen molar-refractivity contribution in [2.45, 2.75) is 84.0 Å². The number of benzene rings is 1. The van der Waals surface area contributed by atoms with E-state index in [-0.39, 0.29) is 18.8 Å². The molecule has 0 radical (unpaired) electrons. The Morgan fingerprint density at radius 1 is 0.848 bits per heavy atom. The van der Waals surface area contributed by atoms with Gasteiger partial charge in [0.25, 0.3) is 10.1 Å². The Balaban J connectivity index is 0.000000621. The third kappa shape index (κ3) is 13.5. The summed E-state index contributed by atoms with van der Waals surface area (Å²) in [5.74, 6) is -0.915.